The average Bonchev–Trinajstić information content (AvgIpc) is 2.67. The predicted molar refractivity (Wildman–Crippen MR) is 69.2 cm³/mol. The van der Waals surface area contributed by atoms with Crippen molar-refractivity contribution in [2.75, 3.05) is 13.6 Å². The molecule has 2 aromatic rings. The zero-order valence-electron chi connectivity index (χ0n) is 10.9. The molecule has 0 fully saturated rings. The molecule has 0 radical (unpaired) electrons. The summed E-state index contributed by atoms with van der Waals surface area (Å²) in [7, 11) is 1.97. The lowest BCUT2D eigenvalue weighted by Crippen LogP contribution is -2.22. The summed E-state index contributed by atoms with van der Waals surface area (Å²) in [4.78, 5) is 4.61. The molecule has 1 atom stereocenters. The standard InChI is InChI=1S/C13H20N4/c1-9(2)11(7-14-4)13-15-12-6-5-10(3)8-17(12)16-13/h5-6,8-9,11,14H,7H2,1-4H3. The fourth-order valence-corrected chi connectivity index (χ4v) is 2.01. The Balaban J connectivity index is 2.40. The Kier molecular flexibility index (Phi) is 3.43. The highest BCUT2D eigenvalue weighted by Gasteiger charge is 2.19. The normalized spacial score (nSPS) is 13.5. The summed E-state index contributed by atoms with van der Waals surface area (Å²) in [6.45, 7) is 7.39. The second kappa shape index (κ2) is 4.84. The van der Waals surface area contributed by atoms with Gasteiger partial charge in [0.15, 0.2) is 11.5 Å². The number of fused-ring (bicyclic) bond motifs is 1. The van der Waals surface area contributed by atoms with Crippen LogP contribution < -0.4 is 5.32 Å². The molecular weight excluding hydrogens is 212 g/mol. The van der Waals surface area contributed by atoms with Gasteiger partial charge in [0, 0.05) is 18.7 Å². The Labute approximate surface area is 102 Å². The molecule has 2 heterocycles. The Morgan fingerprint density at radius 3 is 2.76 bits per heavy atom. The van der Waals surface area contributed by atoms with E-state index < -0.39 is 0 Å². The van der Waals surface area contributed by atoms with Gasteiger partial charge in [-0.3, -0.25) is 0 Å². The number of likely N-dealkylation sites (N-methyl/N-ethyl adjacent to an activating group) is 1. The molecular formula is C13H20N4. The third kappa shape index (κ3) is 2.47. The highest BCUT2D eigenvalue weighted by Crippen LogP contribution is 2.21. The second-order valence-corrected chi connectivity index (χ2v) is 4.89. The van der Waals surface area contributed by atoms with Crippen LogP contribution >= 0.6 is 0 Å². The van der Waals surface area contributed by atoms with Gasteiger partial charge in [-0.2, -0.15) is 5.10 Å². The molecule has 4 heteroatoms. The quantitative estimate of drug-likeness (QED) is 0.876. The van der Waals surface area contributed by atoms with E-state index in [1.807, 2.05) is 23.8 Å². The van der Waals surface area contributed by atoms with Gasteiger partial charge in [0.05, 0.1) is 0 Å². The maximum absolute atomic E-state index is 4.61. The van der Waals surface area contributed by atoms with Crippen molar-refractivity contribution < 1.29 is 0 Å². The summed E-state index contributed by atoms with van der Waals surface area (Å²) < 4.78 is 1.87. The van der Waals surface area contributed by atoms with Crippen LogP contribution in [0.3, 0.4) is 0 Å². The fourth-order valence-electron chi connectivity index (χ4n) is 2.01. The summed E-state index contributed by atoms with van der Waals surface area (Å²) >= 11 is 0. The minimum atomic E-state index is 0.361. The highest BCUT2D eigenvalue weighted by molar-refractivity contribution is 5.38. The van der Waals surface area contributed by atoms with Crippen molar-refractivity contribution in [1.29, 1.82) is 0 Å². The van der Waals surface area contributed by atoms with E-state index in [0.717, 1.165) is 18.0 Å². The first-order chi connectivity index (χ1) is 8.11. The van der Waals surface area contributed by atoms with Crippen molar-refractivity contribution in [3.05, 3.63) is 29.7 Å². The van der Waals surface area contributed by atoms with E-state index in [4.69, 9.17) is 0 Å². The van der Waals surface area contributed by atoms with Crippen LogP contribution in [0.5, 0.6) is 0 Å². The van der Waals surface area contributed by atoms with E-state index in [1.54, 1.807) is 0 Å². The van der Waals surface area contributed by atoms with Gasteiger partial charge < -0.3 is 5.32 Å². The molecule has 1 N–H and O–H groups in total. The van der Waals surface area contributed by atoms with Crippen LogP contribution in [0.2, 0.25) is 0 Å². The van der Waals surface area contributed by atoms with Crippen LogP contribution in [-0.2, 0) is 0 Å². The van der Waals surface area contributed by atoms with E-state index >= 15 is 0 Å². The number of hydrogen-bond acceptors (Lipinski definition) is 3. The van der Waals surface area contributed by atoms with Gasteiger partial charge in [0.1, 0.15) is 0 Å². The van der Waals surface area contributed by atoms with Crippen LogP contribution in [0, 0.1) is 12.8 Å². The van der Waals surface area contributed by atoms with Gasteiger partial charge >= 0.3 is 0 Å². The molecule has 4 nitrogen and oxygen atoms in total. The molecule has 0 aliphatic rings. The zero-order chi connectivity index (χ0) is 12.4. The maximum atomic E-state index is 4.61. The van der Waals surface area contributed by atoms with Gasteiger partial charge in [0.2, 0.25) is 0 Å². The molecule has 0 saturated carbocycles. The third-order valence-electron chi connectivity index (χ3n) is 3.06. The Bertz CT molecular complexity index is 501. The maximum Gasteiger partial charge on any atom is 0.156 e. The third-order valence-corrected chi connectivity index (χ3v) is 3.06. The van der Waals surface area contributed by atoms with Crippen LogP contribution in [0.1, 0.15) is 31.2 Å². The van der Waals surface area contributed by atoms with E-state index in [9.17, 15) is 0 Å². The number of pyridine rings is 1. The monoisotopic (exact) mass is 232 g/mol. The minimum Gasteiger partial charge on any atom is -0.319 e. The predicted octanol–water partition coefficient (Wildman–Crippen LogP) is 2.00. The summed E-state index contributed by atoms with van der Waals surface area (Å²) in [5.74, 6) is 1.82. The summed E-state index contributed by atoms with van der Waals surface area (Å²) in [5, 5.41) is 7.79. The van der Waals surface area contributed by atoms with Gasteiger partial charge in [-0.15, -0.1) is 0 Å². The average molecular weight is 232 g/mol. The van der Waals surface area contributed by atoms with E-state index in [1.165, 1.54) is 5.56 Å². The molecule has 0 aromatic carbocycles. The van der Waals surface area contributed by atoms with Gasteiger partial charge in [-0.25, -0.2) is 9.50 Å². The van der Waals surface area contributed by atoms with E-state index in [0.29, 0.717) is 11.8 Å². The van der Waals surface area contributed by atoms with Gasteiger partial charge in [0.25, 0.3) is 0 Å². The van der Waals surface area contributed by atoms with Crippen LogP contribution in [0.25, 0.3) is 5.65 Å². The number of hydrogen-bond donors (Lipinski definition) is 1. The van der Waals surface area contributed by atoms with Gasteiger partial charge in [-0.1, -0.05) is 19.9 Å². The smallest absolute Gasteiger partial charge is 0.156 e. The van der Waals surface area contributed by atoms with Crippen molar-refractivity contribution in [3.8, 4) is 0 Å². The van der Waals surface area contributed by atoms with Crippen molar-refractivity contribution in [3.63, 3.8) is 0 Å². The molecule has 0 amide bonds. The van der Waals surface area contributed by atoms with Crippen LogP contribution in [0.15, 0.2) is 18.3 Å². The summed E-state index contributed by atoms with van der Waals surface area (Å²) in [6.07, 6.45) is 2.02. The zero-order valence-corrected chi connectivity index (χ0v) is 10.9. The van der Waals surface area contributed by atoms with Crippen molar-refractivity contribution in [2.24, 2.45) is 5.92 Å². The molecule has 1 unspecified atom stereocenters. The SMILES string of the molecule is CNCC(c1nc2ccc(C)cn2n1)C(C)C. The minimum absolute atomic E-state index is 0.361. The lowest BCUT2D eigenvalue weighted by atomic mass is 9.95. The molecule has 2 rings (SSSR count). The number of aromatic nitrogens is 3. The molecule has 92 valence electrons. The van der Waals surface area contributed by atoms with Crippen molar-refractivity contribution in [1.82, 2.24) is 19.9 Å². The molecule has 2 aromatic heterocycles. The topological polar surface area (TPSA) is 42.2 Å². The molecule has 0 saturated heterocycles. The fraction of sp³-hybridized carbons (Fsp3) is 0.538. The van der Waals surface area contributed by atoms with E-state index in [2.05, 4.69) is 42.2 Å². The lowest BCUT2D eigenvalue weighted by Gasteiger charge is -2.16. The summed E-state index contributed by atoms with van der Waals surface area (Å²) in [6, 6.07) is 4.08. The Morgan fingerprint density at radius 2 is 2.12 bits per heavy atom. The molecule has 0 spiro atoms. The molecule has 17 heavy (non-hydrogen) atoms. The number of nitrogens with zero attached hydrogens (tertiary/aromatic N) is 3. The highest BCUT2D eigenvalue weighted by atomic mass is 15.3. The van der Waals surface area contributed by atoms with Crippen molar-refractivity contribution in [2.45, 2.75) is 26.7 Å². The molecule has 0 aliphatic carbocycles. The first-order valence-corrected chi connectivity index (χ1v) is 6.09. The first kappa shape index (κ1) is 12.0. The number of nitrogens with one attached hydrogen (secondary N) is 1. The van der Waals surface area contributed by atoms with Crippen LogP contribution in [0.4, 0.5) is 0 Å². The summed E-state index contributed by atoms with van der Waals surface area (Å²) in [5.41, 5.74) is 2.12. The largest absolute Gasteiger partial charge is 0.319 e. The number of aryl methyl sites for hydroxylation is 1. The Morgan fingerprint density at radius 1 is 1.35 bits per heavy atom. The Hall–Kier alpha value is -1.42. The molecule has 0 bridgehead atoms. The van der Waals surface area contributed by atoms with Crippen molar-refractivity contribution >= 4 is 5.65 Å². The van der Waals surface area contributed by atoms with E-state index in [-0.39, 0.29) is 0 Å². The van der Waals surface area contributed by atoms with Crippen LogP contribution in [-0.4, -0.2) is 28.2 Å². The van der Waals surface area contributed by atoms with Gasteiger partial charge in [-0.05, 0) is 31.5 Å². The molecule has 0 aliphatic heterocycles. The first-order valence-electron chi connectivity index (χ1n) is 6.09. The number of rotatable bonds is 4. The lowest BCUT2D eigenvalue weighted by molar-refractivity contribution is 0.458. The second-order valence-electron chi connectivity index (χ2n) is 4.89.